The highest BCUT2D eigenvalue weighted by molar-refractivity contribution is 7.16. The zero-order valence-electron chi connectivity index (χ0n) is 13.3. The van der Waals surface area contributed by atoms with Gasteiger partial charge in [0.25, 0.3) is 5.56 Å². The molecule has 0 saturated heterocycles. The Morgan fingerprint density at radius 2 is 1.92 bits per heavy atom. The average Bonchev–Trinajstić information content (AvgIpc) is 3.01. The van der Waals surface area contributed by atoms with Crippen LogP contribution in [0.1, 0.15) is 10.4 Å². The van der Waals surface area contributed by atoms with E-state index < -0.39 is 11.2 Å². The fourth-order valence-corrected chi connectivity index (χ4v) is 3.57. The monoisotopic (exact) mass is 376 g/mol. The van der Waals surface area contributed by atoms with Gasteiger partial charge < -0.3 is 11.1 Å². The first-order chi connectivity index (χ1) is 12.0. The number of nitrogens with two attached hydrogens (primary N) is 1. The van der Waals surface area contributed by atoms with E-state index in [1.807, 2.05) is 42.5 Å². The second-order valence-electron chi connectivity index (χ2n) is 5.47. The summed E-state index contributed by atoms with van der Waals surface area (Å²) < 4.78 is 2.07. The van der Waals surface area contributed by atoms with Crippen LogP contribution in [0, 0.1) is 0 Å². The van der Waals surface area contributed by atoms with Crippen molar-refractivity contribution in [2.24, 2.45) is 0 Å². The topological polar surface area (TPSA) is 92.9 Å². The molecule has 130 valence electrons. The van der Waals surface area contributed by atoms with Crippen LogP contribution in [0.5, 0.6) is 0 Å². The summed E-state index contributed by atoms with van der Waals surface area (Å²) in [6.45, 7) is 0.797. The van der Waals surface area contributed by atoms with Gasteiger partial charge in [0, 0.05) is 11.4 Å². The molecular weight excluding hydrogens is 360 g/mol. The summed E-state index contributed by atoms with van der Waals surface area (Å²) in [5.74, 6) is 0.127. The molecule has 2 heterocycles. The third kappa shape index (κ3) is 4.12. The molecule has 4 N–H and O–H groups in total. The minimum atomic E-state index is -0.526. The van der Waals surface area contributed by atoms with Crippen LogP contribution >= 0.6 is 22.9 Å². The maximum Gasteiger partial charge on any atom is 0.330 e. The van der Waals surface area contributed by atoms with Crippen molar-refractivity contribution in [2.45, 2.75) is 13.0 Å². The average molecular weight is 377 g/mol. The van der Waals surface area contributed by atoms with Crippen LogP contribution in [0.4, 0.5) is 11.5 Å². The summed E-state index contributed by atoms with van der Waals surface area (Å²) in [5, 5.41) is 3.03. The number of rotatable bonds is 6. The lowest BCUT2D eigenvalue weighted by Crippen LogP contribution is -2.34. The number of benzene rings is 1. The number of nitrogens with one attached hydrogen (secondary N) is 2. The number of nitrogen functional groups attached to an aromatic ring is 1. The van der Waals surface area contributed by atoms with Crippen LogP contribution in [-0.2, 0) is 13.0 Å². The summed E-state index contributed by atoms with van der Waals surface area (Å²) in [6.07, 6.45) is 0.702. The van der Waals surface area contributed by atoms with Gasteiger partial charge in [-0.1, -0.05) is 41.9 Å². The van der Waals surface area contributed by atoms with Crippen molar-refractivity contribution in [3.05, 3.63) is 78.1 Å². The highest BCUT2D eigenvalue weighted by Gasteiger charge is 2.12. The molecule has 0 fully saturated rings. The van der Waals surface area contributed by atoms with Crippen molar-refractivity contribution in [1.29, 1.82) is 0 Å². The highest BCUT2D eigenvalue weighted by atomic mass is 35.5. The number of anilines is 2. The van der Waals surface area contributed by atoms with Gasteiger partial charge in [0.2, 0.25) is 0 Å². The van der Waals surface area contributed by atoms with Crippen LogP contribution in [0.3, 0.4) is 0 Å². The van der Waals surface area contributed by atoms with Gasteiger partial charge in [-0.05, 0) is 24.1 Å². The minimum absolute atomic E-state index is 0.127. The van der Waals surface area contributed by atoms with Crippen molar-refractivity contribution >= 4 is 34.4 Å². The fourth-order valence-electron chi connectivity index (χ4n) is 2.48. The van der Waals surface area contributed by atoms with Crippen molar-refractivity contribution in [2.75, 3.05) is 17.6 Å². The van der Waals surface area contributed by atoms with Gasteiger partial charge >= 0.3 is 5.69 Å². The number of aromatic nitrogens is 2. The van der Waals surface area contributed by atoms with Gasteiger partial charge in [0.05, 0.1) is 10.9 Å². The Labute approximate surface area is 152 Å². The molecule has 0 aliphatic heterocycles. The maximum atomic E-state index is 12.1. The SMILES string of the molecule is Nc1c(NCCc2ccc(Cl)s2)c(=O)[nH]c(=O)n1Cc1ccccc1. The van der Waals surface area contributed by atoms with Gasteiger partial charge in [0.1, 0.15) is 11.5 Å². The second-order valence-corrected chi connectivity index (χ2v) is 7.27. The van der Waals surface area contributed by atoms with E-state index in [2.05, 4.69) is 10.3 Å². The van der Waals surface area contributed by atoms with Gasteiger partial charge in [0.15, 0.2) is 0 Å². The van der Waals surface area contributed by atoms with Crippen LogP contribution in [-0.4, -0.2) is 16.1 Å². The van der Waals surface area contributed by atoms with E-state index in [-0.39, 0.29) is 18.1 Å². The molecule has 3 aromatic rings. The third-order valence-corrected chi connectivity index (χ3v) is 5.02. The fraction of sp³-hybridized carbons (Fsp3) is 0.176. The minimum Gasteiger partial charge on any atom is -0.383 e. The first-order valence-corrected chi connectivity index (χ1v) is 8.88. The molecule has 0 bridgehead atoms. The number of aromatic amines is 1. The summed E-state index contributed by atoms with van der Waals surface area (Å²) in [7, 11) is 0. The van der Waals surface area contributed by atoms with E-state index in [0.29, 0.717) is 13.0 Å². The lowest BCUT2D eigenvalue weighted by molar-refractivity contribution is 0.733. The summed E-state index contributed by atoms with van der Waals surface area (Å²) in [5.41, 5.74) is 6.16. The second kappa shape index (κ2) is 7.58. The molecule has 0 atom stereocenters. The first kappa shape index (κ1) is 17.3. The lowest BCUT2D eigenvalue weighted by atomic mass is 10.2. The zero-order chi connectivity index (χ0) is 17.8. The molecule has 0 radical (unpaired) electrons. The van der Waals surface area contributed by atoms with Crippen molar-refractivity contribution < 1.29 is 0 Å². The molecule has 0 saturated carbocycles. The Morgan fingerprint density at radius 1 is 1.16 bits per heavy atom. The number of hydrogen-bond donors (Lipinski definition) is 3. The molecule has 0 aliphatic rings. The summed E-state index contributed by atoms with van der Waals surface area (Å²) >= 11 is 7.40. The normalized spacial score (nSPS) is 10.8. The third-order valence-electron chi connectivity index (χ3n) is 3.73. The predicted octanol–water partition coefficient (Wildman–Crippen LogP) is 2.54. The Hall–Kier alpha value is -2.51. The van der Waals surface area contributed by atoms with E-state index in [1.54, 1.807) is 0 Å². The van der Waals surface area contributed by atoms with E-state index in [4.69, 9.17) is 17.3 Å². The standard InChI is InChI=1S/C17H17ClN4O2S/c18-13-7-6-12(25-13)8-9-20-14-15(19)22(17(24)21-16(14)23)10-11-4-2-1-3-5-11/h1-7,20H,8-10,19H2,(H,21,23,24). The van der Waals surface area contributed by atoms with E-state index in [1.165, 1.54) is 15.9 Å². The Balaban J connectivity index is 1.80. The Kier molecular flexibility index (Phi) is 5.25. The summed E-state index contributed by atoms with van der Waals surface area (Å²) in [4.78, 5) is 27.6. The molecule has 25 heavy (non-hydrogen) atoms. The molecule has 0 unspecified atom stereocenters. The van der Waals surface area contributed by atoms with Gasteiger partial charge in [-0.3, -0.25) is 14.3 Å². The molecule has 2 aromatic heterocycles. The molecule has 8 heteroatoms. The van der Waals surface area contributed by atoms with Gasteiger partial charge in [-0.15, -0.1) is 11.3 Å². The number of halogens is 1. The van der Waals surface area contributed by atoms with Crippen molar-refractivity contribution in [1.82, 2.24) is 9.55 Å². The van der Waals surface area contributed by atoms with E-state index in [0.717, 1.165) is 14.8 Å². The van der Waals surface area contributed by atoms with E-state index >= 15 is 0 Å². The quantitative estimate of drug-likeness (QED) is 0.616. The Bertz CT molecular complexity index is 978. The molecule has 1 aromatic carbocycles. The van der Waals surface area contributed by atoms with Gasteiger partial charge in [-0.25, -0.2) is 4.79 Å². The van der Waals surface area contributed by atoms with Gasteiger partial charge in [-0.2, -0.15) is 0 Å². The first-order valence-electron chi connectivity index (χ1n) is 7.69. The molecule has 6 nitrogen and oxygen atoms in total. The number of H-pyrrole nitrogens is 1. The zero-order valence-corrected chi connectivity index (χ0v) is 14.9. The number of thiophene rings is 1. The van der Waals surface area contributed by atoms with Crippen molar-refractivity contribution in [3.8, 4) is 0 Å². The van der Waals surface area contributed by atoms with Crippen LogP contribution in [0.15, 0.2) is 52.1 Å². The highest BCUT2D eigenvalue weighted by Crippen LogP contribution is 2.22. The lowest BCUT2D eigenvalue weighted by Gasteiger charge is -2.13. The van der Waals surface area contributed by atoms with E-state index in [9.17, 15) is 9.59 Å². The summed E-state index contributed by atoms with van der Waals surface area (Å²) in [6, 6.07) is 13.2. The molecule has 0 amide bonds. The predicted molar refractivity (Wildman–Crippen MR) is 103 cm³/mol. The van der Waals surface area contributed by atoms with Crippen molar-refractivity contribution in [3.63, 3.8) is 0 Å². The molecule has 0 spiro atoms. The smallest absolute Gasteiger partial charge is 0.330 e. The van der Waals surface area contributed by atoms with Crippen LogP contribution < -0.4 is 22.3 Å². The van der Waals surface area contributed by atoms with Crippen LogP contribution in [0.2, 0.25) is 4.34 Å². The largest absolute Gasteiger partial charge is 0.383 e. The number of nitrogens with zero attached hydrogens (tertiary/aromatic N) is 1. The number of hydrogen-bond acceptors (Lipinski definition) is 5. The Morgan fingerprint density at radius 3 is 2.60 bits per heavy atom. The van der Waals surface area contributed by atoms with Crippen LogP contribution in [0.25, 0.3) is 0 Å². The molecule has 3 rings (SSSR count). The maximum absolute atomic E-state index is 12.1. The molecular formula is C17H17ClN4O2S. The molecule has 0 aliphatic carbocycles.